The standard InChI is InChI=1S/C21H24N4O2/c1-11(2)21(16-8-12(3)7-13(4)9-16)17(10-22)19(23-15(6)26)27-20-18(21)14(5)24-25-20/h7-9,11H,1-6H3,(H,23,26)(H,24,25). The molecule has 0 fully saturated rings. The van der Waals surface area contributed by atoms with Gasteiger partial charge in [0, 0.05) is 6.92 Å². The number of nitrogens with zero attached hydrogens (tertiary/aromatic N) is 2. The van der Waals surface area contributed by atoms with Crippen LogP contribution in [0.15, 0.2) is 29.7 Å². The molecule has 0 aliphatic carbocycles. The maximum Gasteiger partial charge on any atom is 0.223 e. The summed E-state index contributed by atoms with van der Waals surface area (Å²) in [6.45, 7) is 11.5. The summed E-state index contributed by atoms with van der Waals surface area (Å²) in [6, 6.07) is 8.62. The predicted molar refractivity (Wildman–Crippen MR) is 102 cm³/mol. The van der Waals surface area contributed by atoms with Gasteiger partial charge in [0.15, 0.2) is 0 Å². The molecule has 1 aromatic carbocycles. The Bertz CT molecular complexity index is 974. The monoisotopic (exact) mass is 364 g/mol. The average Bonchev–Trinajstić information content (AvgIpc) is 2.92. The molecule has 2 N–H and O–H groups in total. The van der Waals surface area contributed by atoms with Crippen molar-refractivity contribution in [2.75, 3.05) is 0 Å². The summed E-state index contributed by atoms with van der Waals surface area (Å²) >= 11 is 0. The lowest BCUT2D eigenvalue weighted by Crippen LogP contribution is -2.43. The molecule has 6 nitrogen and oxygen atoms in total. The van der Waals surface area contributed by atoms with E-state index in [2.05, 4.69) is 53.6 Å². The molecule has 0 saturated carbocycles. The van der Waals surface area contributed by atoms with Crippen LogP contribution in [0.4, 0.5) is 0 Å². The van der Waals surface area contributed by atoms with Crippen LogP contribution in [0.5, 0.6) is 5.88 Å². The molecule has 1 aliphatic rings. The highest BCUT2D eigenvalue weighted by Crippen LogP contribution is 2.52. The molecule has 2 aromatic rings. The van der Waals surface area contributed by atoms with Gasteiger partial charge in [-0.05, 0) is 32.3 Å². The number of carbonyl (C=O) groups excluding carboxylic acids is 1. The van der Waals surface area contributed by atoms with Crippen molar-refractivity contribution in [3.8, 4) is 11.9 Å². The van der Waals surface area contributed by atoms with Gasteiger partial charge in [-0.2, -0.15) is 10.4 Å². The Morgan fingerprint density at radius 1 is 1.26 bits per heavy atom. The fourth-order valence-electron chi connectivity index (χ4n) is 4.19. The number of amides is 1. The smallest absolute Gasteiger partial charge is 0.223 e. The second-order valence-corrected chi connectivity index (χ2v) is 7.45. The van der Waals surface area contributed by atoms with Crippen molar-refractivity contribution in [2.24, 2.45) is 5.92 Å². The van der Waals surface area contributed by atoms with Gasteiger partial charge in [0.1, 0.15) is 11.6 Å². The van der Waals surface area contributed by atoms with E-state index in [4.69, 9.17) is 4.74 Å². The number of aromatic amines is 1. The van der Waals surface area contributed by atoms with Gasteiger partial charge in [-0.25, -0.2) is 5.10 Å². The summed E-state index contributed by atoms with van der Waals surface area (Å²) in [4.78, 5) is 11.8. The molecule has 1 unspecified atom stereocenters. The third kappa shape index (κ3) is 2.80. The summed E-state index contributed by atoms with van der Waals surface area (Å²) in [5, 5.41) is 20.1. The lowest BCUT2D eigenvalue weighted by molar-refractivity contribution is -0.118. The minimum absolute atomic E-state index is 0.0102. The lowest BCUT2D eigenvalue weighted by atomic mass is 9.61. The average molecular weight is 364 g/mol. The molecule has 27 heavy (non-hydrogen) atoms. The number of H-pyrrole nitrogens is 1. The first-order valence-corrected chi connectivity index (χ1v) is 8.96. The quantitative estimate of drug-likeness (QED) is 0.871. The molecule has 140 valence electrons. The highest BCUT2D eigenvalue weighted by molar-refractivity contribution is 5.76. The Hall–Kier alpha value is -3.07. The number of nitriles is 1. The Balaban J connectivity index is 2.47. The van der Waals surface area contributed by atoms with Crippen molar-refractivity contribution in [1.82, 2.24) is 15.5 Å². The molecule has 2 heterocycles. The molecule has 0 spiro atoms. The van der Waals surface area contributed by atoms with Crippen LogP contribution in [0.3, 0.4) is 0 Å². The van der Waals surface area contributed by atoms with Crippen molar-refractivity contribution in [3.05, 3.63) is 57.6 Å². The van der Waals surface area contributed by atoms with Crippen LogP contribution in [-0.2, 0) is 10.2 Å². The fraction of sp³-hybridized carbons (Fsp3) is 0.381. The second-order valence-electron chi connectivity index (χ2n) is 7.45. The largest absolute Gasteiger partial charge is 0.422 e. The van der Waals surface area contributed by atoms with Crippen molar-refractivity contribution in [1.29, 1.82) is 5.26 Å². The van der Waals surface area contributed by atoms with Crippen molar-refractivity contribution < 1.29 is 9.53 Å². The maximum absolute atomic E-state index is 11.8. The Labute approximate surface area is 159 Å². The molecule has 0 bridgehead atoms. The van der Waals surface area contributed by atoms with Gasteiger partial charge < -0.3 is 4.74 Å². The number of nitrogens with one attached hydrogen (secondary N) is 2. The number of ether oxygens (including phenoxy) is 1. The predicted octanol–water partition coefficient (Wildman–Crippen LogP) is 3.54. The summed E-state index contributed by atoms with van der Waals surface area (Å²) < 4.78 is 5.86. The molecule has 6 heteroatoms. The number of aromatic nitrogens is 2. The number of benzene rings is 1. The first kappa shape index (κ1) is 18.7. The van der Waals surface area contributed by atoms with E-state index >= 15 is 0 Å². The van der Waals surface area contributed by atoms with Gasteiger partial charge in [0.2, 0.25) is 17.7 Å². The van der Waals surface area contributed by atoms with Crippen LogP contribution in [0.1, 0.15) is 48.7 Å². The second kappa shape index (κ2) is 6.58. The summed E-state index contributed by atoms with van der Waals surface area (Å²) in [5.74, 6) is 0.337. The lowest BCUT2D eigenvalue weighted by Gasteiger charge is -2.41. The van der Waals surface area contributed by atoms with Crippen LogP contribution in [0.25, 0.3) is 0 Å². The van der Waals surface area contributed by atoms with E-state index in [1.165, 1.54) is 6.92 Å². The van der Waals surface area contributed by atoms with Gasteiger partial charge in [-0.3, -0.25) is 10.1 Å². The number of allylic oxidation sites excluding steroid dienone is 1. The van der Waals surface area contributed by atoms with E-state index in [0.717, 1.165) is 27.9 Å². The molecule has 3 rings (SSSR count). The van der Waals surface area contributed by atoms with E-state index in [0.29, 0.717) is 11.5 Å². The molecular weight excluding hydrogens is 340 g/mol. The first-order chi connectivity index (χ1) is 12.7. The Morgan fingerprint density at radius 3 is 2.41 bits per heavy atom. The van der Waals surface area contributed by atoms with Crippen LogP contribution in [-0.4, -0.2) is 16.1 Å². The third-order valence-electron chi connectivity index (χ3n) is 5.08. The minimum Gasteiger partial charge on any atom is -0.422 e. The summed E-state index contributed by atoms with van der Waals surface area (Å²) in [6.07, 6.45) is 0. The van der Waals surface area contributed by atoms with Gasteiger partial charge in [0.25, 0.3) is 0 Å². The van der Waals surface area contributed by atoms with E-state index in [-0.39, 0.29) is 17.7 Å². The zero-order chi connectivity index (χ0) is 19.9. The van der Waals surface area contributed by atoms with Gasteiger partial charge in [0.05, 0.1) is 16.7 Å². The van der Waals surface area contributed by atoms with Gasteiger partial charge in [-0.15, -0.1) is 0 Å². The molecule has 1 amide bonds. The van der Waals surface area contributed by atoms with Gasteiger partial charge in [-0.1, -0.05) is 43.2 Å². The van der Waals surface area contributed by atoms with E-state index in [9.17, 15) is 10.1 Å². The number of aryl methyl sites for hydroxylation is 3. The van der Waals surface area contributed by atoms with Gasteiger partial charge >= 0.3 is 0 Å². The van der Waals surface area contributed by atoms with Crippen molar-refractivity contribution in [3.63, 3.8) is 0 Å². The number of hydrogen-bond acceptors (Lipinski definition) is 4. The zero-order valence-corrected chi connectivity index (χ0v) is 16.5. The third-order valence-corrected chi connectivity index (χ3v) is 5.08. The highest BCUT2D eigenvalue weighted by atomic mass is 16.5. The maximum atomic E-state index is 11.8. The van der Waals surface area contributed by atoms with Crippen molar-refractivity contribution in [2.45, 2.75) is 47.0 Å². The summed E-state index contributed by atoms with van der Waals surface area (Å²) in [7, 11) is 0. The molecule has 0 radical (unpaired) electrons. The van der Waals surface area contributed by atoms with E-state index < -0.39 is 5.41 Å². The number of hydrogen-bond donors (Lipinski definition) is 2. The molecule has 1 atom stereocenters. The van der Waals surface area contributed by atoms with E-state index in [1.807, 2.05) is 20.8 Å². The topological polar surface area (TPSA) is 90.8 Å². The normalized spacial score (nSPS) is 18.7. The molecule has 1 aliphatic heterocycles. The number of rotatable bonds is 3. The minimum atomic E-state index is -0.784. The summed E-state index contributed by atoms with van der Waals surface area (Å²) in [5.41, 5.74) is 4.42. The highest BCUT2D eigenvalue weighted by Gasteiger charge is 2.51. The van der Waals surface area contributed by atoms with Crippen LogP contribution >= 0.6 is 0 Å². The fourth-order valence-corrected chi connectivity index (χ4v) is 4.19. The molecule has 0 saturated heterocycles. The van der Waals surface area contributed by atoms with Crippen LogP contribution in [0, 0.1) is 38.0 Å². The Morgan fingerprint density at radius 2 is 1.89 bits per heavy atom. The van der Waals surface area contributed by atoms with Crippen molar-refractivity contribution >= 4 is 5.91 Å². The zero-order valence-electron chi connectivity index (χ0n) is 16.5. The SMILES string of the molecule is CC(=O)NC1=C(C#N)C(c2cc(C)cc(C)c2)(C(C)C)c2c(C)n[nH]c2O1. The number of carbonyl (C=O) groups is 1. The van der Waals surface area contributed by atoms with Crippen LogP contribution < -0.4 is 10.1 Å². The Kier molecular flexibility index (Phi) is 4.56. The van der Waals surface area contributed by atoms with E-state index in [1.54, 1.807) is 0 Å². The van der Waals surface area contributed by atoms with Crippen LogP contribution in [0.2, 0.25) is 0 Å². The number of fused-ring (bicyclic) bond motifs is 1. The molecular formula is C21H24N4O2. The first-order valence-electron chi connectivity index (χ1n) is 8.96. The molecule has 1 aromatic heterocycles.